The largest absolute Gasteiger partial charge is 0.360 e. The summed E-state index contributed by atoms with van der Waals surface area (Å²) in [7, 11) is 0. The molecule has 134 valence electrons. The summed E-state index contributed by atoms with van der Waals surface area (Å²) in [5.74, 6) is 0.0181. The molecule has 1 aromatic heterocycles. The summed E-state index contributed by atoms with van der Waals surface area (Å²) >= 11 is 1.59. The average Bonchev–Trinajstić information content (AvgIpc) is 3.23. The molecule has 0 radical (unpaired) electrons. The minimum atomic E-state index is 0.0181. The molecule has 6 heteroatoms. The first-order valence-electron chi connectivity index (χ1n) is 9.22. The maximum atomic E-state index is 12.5. The number of piperazine rings is 1. The number of benzene rings is 1. The van der Waals surface area contributed by atoms with Crippen molar-refractivity contribution in [3.63, 3.8) is 0 Å². The Morgan fingerprint density at radius 2 is 2.00 bits per heavy atom. The average molecular weight is 367 g/mol. The highest BCUT2D eigenvalue weighted by atomic mass is 32.1. The van der Waals surface area contributed by atoms with Crippen LogP contribution in [0, 0.1) is 11.3 Å². The number of carbonyl (C=O) groups is 1. The Bertz CT molecular complexity index is 831. The van der Waals surface area contributed by atoms with Crippen molar-refractivity contribution in [3.05, 3.63) is 46.3 Å². The Labute approximate surface area is 157 Å². The molecule has 5 nitrogen and oxygen atoms in total. The smallest absolute Gasteiger partial charge is 0.280 e. The van der Waals surface area contributed by atoms with E-state index in [4.69, 9.17) is 0 Å². The van der Waals surface area contributed by atoms with E-state index in [1.54, 1.807) is 11.3 Å². The van der Waals surface area contributed by atoms with Crippen LogP contribution in [0.2, 0.25) is 0 Å². The topological polar surface area (TPSA) is 60.6 Å². The number of quaternary nitrogens is 1. The zero-order valence-corrected chi connectivity index (χ0v) is 15.6. The van der Waals surface area contributed by atoms with E-state index in [1.165, 1.54) is 15.5 Å². The molecule has 26 heavy (non-hydrogen) atoms. The van der Waals surface area contributed by atoms with E-state index in [9.17, 15) is 10.1 Å². The summed E-state index contributed by atoms with van der Waals surface area (Å²) in [5.41, 5.74) is 3.11. The molecule has 1 aliphatic heterocycles. The Morgan fingerprint density at radius 1 is 1.23 bits per heavy atom. The lowest BCUT2D eigenvalue weighted by Crippen LogP contribution is -3.15. The summed E-state index contributed by atoms with van der Waals surface area (Å²) in [6, 6.07) is 12.7. The number of thiophene rings is 1. The molecule has 2 aromatic rings. The van der Waals surface area contributed by atoms with Gasteiger partial charge in [0.1, 0.15) is 11.1 Å². The Kier molecular flexibility index (Phi) is 4.91. The summed E-state index contributed by atoms with van der Waals surface area (Å²) < 4.78 is 0. The van der Waals surface area contributed by atoms with Crippen LogP contribution < -0.4 is 15.1 Å². The fourth-order valence-electron chi connectivity index (χ4n) is 3.91. The van der Waals surface area contributed by atoms with Gasteiger partial charge in [-0.2, -0.15) is 5.26 Å². The molecular formula is C20H23N4OS+. The van der Waals surface area contributed by atoms with Crippen LogP contribution in [-0.4, -0.2) is 38.6 Å². The first-order chi connectivity index (χ1) is 12.7. The highest BCUT2D eigenvalue weighted by Gasteiger charge is 2.25. The molecule has 2 heterocycles. The van der Waals surface area contributed by atoms with Crippen molar-refractivity contribution in [3.8, 4) is 6.07 Å². The number of carbonyl (C=O) groups excluding carboxylic acids is 1. The lowest BCUT2D eigenvalue weighted by Gasteiger charge is -2.33. The number of amides is 1. The number of hydrogen-bond acceptors (Lipinski definition) is 4. The van der Waals surface area contributed by atoms with Crippen molar-refractivity contribution in [1.29, 1.82) is 5.26 Å². The van der Waals surface area contributed by atoms with Gasteiger partial charge in [0.15, 0.2) is 6.54 Å². The zero-order valence-electron chi connectivity index (χ0n) is 14.8. The number of aryl methyl sites for hydroxylation is 1. The van der Waals surface area contributed by atoms with E-state index in [-0.39, 0.29) is 5.91 Å². The number of anilines is 2. The van der Waals surface area contributed by atoms with Gasteiger partial charge in [-0.1, -0.05) is 18.2 Å². The number of nitriles is 1. The van der Waals surface area contributed by atoms with Crippen molar-refractivity contribution in [1.82, 2.24) is 0 Å². The Balaban J connectivity index is 1.32. The van der Waals surface area contributed by atoms with E-state index >= 15 is 0 Å². The summed E-state index contributed by atoms with van der Waals surface area (Å²) in [6.07, 6.45) is 3.13. The van der Waals surface area contributed by atoms with Gasteiger partial charge in [0.2, 0.25) is 0 Å². The van der Waals surface area contributed by atoms with E-state index in [0.717, 1.165) is 56.0 Å². The zero-order chi connectivity index (χ0) is 17.9. The molecule has 0 spiro atoms. The van der Waals surface area contributed by atoms with Crippen LogP contribution in [-0.2, 0) is 17.6 Å². The van der Waals surface area contributed by atoms with Crippen LogP contribution in [0.5, 0.6) is 0 Å². The molecule has 4 rings (SSSR count). The molecule has 0 saturated carbocycles. The van der Waals surface area contributed by atoms with Crippen LogP contribution in [0.4, 0.5) is 10.7 Å². The van der Waals surface area contributed by atoms with Gasteiger partial charge < -0.3 is 15.1 Å². The molecule has 0 unspecified atom stereocenters. The van der Waals surface area contributed by atoms with Gasteiger partial charge in [-0.05, 0) is 37.0 Å². The maximum Gasteiger partial charge on any atom is 0.280 e. The van der Waals surface area contributed by atoms with Crippen LogP contribution in [0.25, 0.3) is 0 Å². The first-order valence-corrected chi connectivity index (χ1v) is 10.0. The van der Waals surface area contributed by atoms with Crippen LogP contribution in [0.3, 0.4) is 0 Å². The third-order valence-electron chi connectivity index (χ3n) is 5.29. The molecule has 1 saturated heterocycles. The van der Waals surface area contributed by atoms with Crippen molar-refractivity contribution in [2.45, 2.75) is 19.3 Å². The molecule has 2 aliphatic rings. The van der Waals surface area contributed by atoms with Gasteiger partial charge in [-0.15, -0.1) is 11.3 Å². The maximum absolute atomic E-state index is 12.5. The summed E-state index contributed by atoms with van der Waals surface area (Å²) in [5, 5.41) is 13.2. The number of nitrogens with zero attached hydrogens (tertiary/aromatic N) is 2. The molecular weight excluding hydrogens is 344 g/mol. The molecule has 2 N–H and O–H groups in total. The number of rotatable bonds is 4. The van der Waals surface area contributed by atoms with Crippen molar-refractivity contribution in [2.24, 2.45) is 0 Å². The van der Waals surface area contributed by atoms with E-state index in [2.05, 4.69) is 40.6 Å². The number of hydrogen-bond donors (Lipinski definition) is 2. The van der Waals surface area contributed by atoms with E-state index in [0.29, 0.717) is 12.1 Å². The van der Waals surface area contributed by atoms with E-state index in [1.807, 2.05) is 6.07 Å². The van der Waals surface area contributed by atoms with Crippen molar-refractivity contribution >= 4 is 27.9 Å². The third-order valence-corrected chi connectivity index (χ3v) is 6.50. The monoisotopic (exact) mass is 367 g/mol. The predicted octanol–water partition coefficient (Wildman–Crippen LogP) is 1.45. The van der Waals surface area contributed by atoms with Gasteiger partial charge in [-0.25, -0.2) is 0 Å². The van der Waals surface area contributed by atoms with Crippen molar-refractivity contribution < 1.29 is 9.69 Å². The lowest BCUT2D eigenvalue weighted by atomic mass is 10.1. The standard InChI is InChI=1S/C20H22N4OS/c21-13-17-16-7-4-8-18(16)26-20(17)22-19(25)14-23-9-11-24(12-10-23)15-5-2-1-3-6-15/h1-3,5-6H,4,7-12,14H2,(H,22,25)/p+1. The normalized spacial score (nSPS) is 17.0. The fourth-order valence-corrected chi connectivity index (χ4v) is 5.16. The van der Waals surface area contributed by atoms with Gasteiger partial charge in [0.05, 0.1) is 31.7 Å². The number of nitrogens with one attached hydrogen (secondary N) is 2. The van der Waals surface area contributed by atoms with E-state index < -0.39 is 0 Å². The first kappa shape index (κ1) is 17.1. The second-order valence-electron chi connectivity index (χ2n) is 6.97. The van der Waals surface area contributed by atoms with Crippen LogP contribution in [0.15, 0.2) is 30.3 Å². The highest BCUT2D eigenvalue weighted by Crippen LogP contribution is 2.38. The lowest BCUT2D eigenvalue weighted by molar-refractivity contribution is -0.892. The molecule has 0 bridgehead atoms. The second kappa shape index (κ2) is 7.48. The SMILES string of the molecule is N#Cc1c(NC(=O)C[NH+]2CCN(c3ccccc3)CC2)sc2c1CCC2. The molecule has 1 fully saturated rings. The van der Waals surface area contributed by atoms with Gasteiger partial charge in [0, 0.05) is 10.6 Å². The fraction of sp³-hybridized carbons (Fsp3) is 0.400. The minimum absolute atomic E-state index is 0.0181. The minimum Gasteiger partial charge on any atom is -0.360 e. The molecule has 1 amide bonds. The molecule has 0 atom stereocenters. The summed E-state index contributed by atoms with van der Waals surface area (Å²) in [6.45, 7) is 4.30. The second-order valence-corrected chi connectivity index (χ2v) is 8.08. The Morgan fingerprint density at radius 3 is 2.73 bits per heavy atom. The quantitative estimate of drug-likeness (QED) is 0.860. The van der Waals surface area contributed by atoms with Gasteiger partial charge >= 0.3 is 0 Å². The van der Waals surface area contributed by atoms with Gasteiger partial charge in [0.25, 0.3) is 5.91 Å². The van der Waals surface area contributed by atoms with Crippen molar-refractivity contribution in [2.75, 3.05) is 42.9 Å². The molecule has 1 aliphatic carbocycles. The van der Waals surface area contributed by atoms with Crippen LogP contribution >= 0.6 is 11.3 Å². The number of para-hydroxylation sites is 1. The highest BCUT2D eigenvalue weighted by molar-refractivity contribution is 7.16. The molecule has 1 aromatic carbocycles. The van der Waals surface area contributed by atoms with Crippen LogP contribution in [0.1, 0.15) is 22.4 Å². The third kappa shape index (κ3) is 3.46. The predicted molar refractivity (Wildman–Crippen MR) is 104 cm³/mol. The summed E-state index contributed by atoms with van der Waals surface area (Å²) in [4.78, 5) is 17.4. The van der Waals surface area contributed by atoms with Gasteiger partial charge in [-0.3, -0.25) is 4.79 Å². The number of fused-ring (bicyclic) bond motifs is 1. The Hall–Kier alpha value is -2.36.